The topological polar surface area (TPSA) is 77.0 Å². The Morgan fingerprint density at radius 2 is 1.78 bits per heavy atom. The fraction of sp³-hybridized carbons (Fsp3) is 0.345. The average molecular weight is 481 g/mol. The lowest BCUT2D eigenvalue weighted by Crippen LogP contribution is -2.43. The summed E-state index contributed by atoms with van der Waals surface area (Å²) in [5.41, 5.74) is 6.90. The average Bonchev–Trinajstić information content (AvgIpc) is 3.54. The second-order valence-corrected chi connectivity index (χ2v) is 10.5. The molecule has 2 fully saturated rings. The van der Waals surface area contributed by atoms with E-state index >= 15 is 0 Å². The molecular weight excluding hydrogens is 452 g/mol. The first-order valence-corrected chi connectivity index (χ1v) is 12.7. The number of carbonyl (C=O) groups excluding carboxylic acids is 2. The molecule has 2 saturated heterocycles. The van der Waals surface area contributed by atoms with E-state index in [-0.39, 0.29) is 30.2 Å². The van der Waals surface area contributed by atoms with Crippen molar-refractivity contribution in [2.45, 2.75) is 38.0 Å². The number of rotatable bonds is 2. The van der Waals surface area contributed by atoms with Crippen LogP contribution in [0.3, 0.4) is 0 Å². The largest absolute Gasteiger partial charge is 0.391 e. The second kappa shape index (κ2) is 8.17. The van der Waals surface area contributed by atoms with Gasteiger partial charge in [0.2, 0.25) is 11.8 Å². The number of amides is 2. The second-order valence-electron chi connectivity index (χ2n) is 10.5. The minimum atomic E-state index is -0.422. The molecule has 1 aromatic heterocycles. The van der Waals surface area contributed by atoms with Crippen LogP contribution in [0.15, 0.2) is 60.8 Å². The number of benzene rings is 2. The predicted octanol–water partition coefficient (Wildman–Crippen LogP) is 2.99. The van der Waals surface area contributed by atoms with Crippen molar-refractivity contribution in [2.75, 3.05) is 29.4 Å². The number of pyridine rings is 1. The van der Waals surface area contributed by atoms with Gasteiger partial charge < -0.3 is 19.8 Å². The molecule has 2 amide bonds. The van der Waals surface area contributed by atoms with E-state index in [4.69, 9.17) is 0 Å². The molecule has 4 heterocycles. The monoisotopic (exact) mass is 480 g/mol. The number of hydrogen-bond acceptors (Lipinski definition) is 5. The number of aliphatic hydroxyl groups is 1. The zero-order chi connectivity index (χ0) is 24.4. The van der Waals surface area contributed by atoms with Gasteiger partial charge in [0.25, 0.3) is 0 Å². The molecule has 36 heavy (non-hydrogen) atoms. The normalized spacial score (nSPS) is 24.3. The van der Waals surface area contributed by atoms with E-state index in [1.807, 2.05) is 23.1 Å². The van der Waals surface area contributed by atoms with Gasteiger partial charge in [0.05, 0.1) is 18.1 Å². The number of nitrogens with zero attached hydrogens (tertiary/aromatic N) is 4. The number of hydrogen-bond donors (Lipinski definition) is 1. The lowest BCUT2D eigenvalue weighted by molar-refractivity contribution is -0.136. The lowest BCUT2D eigenvalue weighted by Gasteiger charge is -2.28. The Balaban J connectivity index is 1.12. The minimum absolute atomic E-state index is 0.00128. The molecule has 7 heteroatoms. The van der Waals surface area contributed by atoms with Crippen LogP contribution < -0.4 is 9.80 Å². The summed E-state index contributed by atoms with van der Waals surface area (Å²) in [5.74, 6) is 0.495. The van der Waals surface area contributed by atoms with Crippen molar-refractivity contribution in [3.8, 4) is 11.1 Å². The molecule has 3 aliphatic heterocycles. The quantitative estimate of drug-likeness (QED) is 0.477. The molecule has 1 aliphatic carbocycles. The summed E-state index contributed by atoms with van der Waals surface area (Å²) in [5, 5.41) is 10.3. The summed E-state index contributed by atoms with van der Waals surface area (Å²) in [6.07, 6.45) is 3.06. The van der Waals surface area contributed by atoms with Gasteiger partial charge in [0.15, 0.2) is 0 Å². The van der Waals surface area contributed by atoms with E-state index in [0.717, 1.165) is 23.5 Å². The number of carbonyl (C=O) groups is 2. The highest BCUT2D eigenvalue weighted by Gasteiger charge is 2.42. The highest BCUT2D eigenvalue weighted by atomic mass is 16.3. The van der Waals surface area contributed by atoms with Crippen molar-refractivity contribution in [2.24, 2.45) is 5.92 Å². The van der Waals surface area contributed by atoms with Gasteiger partial charge in [-0.05, 0) is 53.3 Å². The SMILES string of the molecule is O=C(C1CC(=O)N(c2ccc3c(c2)Cc2ccccc2-3)C1)N1Cc2cccnc2N2C[C@H](O)C[C@H]2C1. The van der Waals surface area contributed by atoms with Crippen molar-refractivity contribution in [1.82, 2.24) is 9.88 Å². The van der Waals surface area contributed by atoms with Crippen LogP contribution in [0, 0.1) is 5.92 Å². The number of fused-ring (bicyclic) bond motifs is 6. The molecule has 0 saturated carbocycles. The van der Waals surface area contributed by atoms with Gasteiger partial charge in [-0.2, -0.15) is 0 Å². The van der Waals surface area contributed by atoms with Crippen LogP contribution in [0.1, 0.15) is 29.5 Å². The molecule has 182 valence electrons. The van der Waals surface area contributed by atoms with Gasteiger partial charge in [-0.3, -0.25) is 9.59 Å². The number of anilines is 2. The molecule has 1 N–H and O–H groups in total. The highest BCUT2D eigenvalue weighted by Crippen LogP contribution is 2.39. The molecular formula is C29H28N4O3. The molecule has 0 radical (unpaired) electrons. The van der Waals surface area contributed by atoms with Crippen LogP contribution in [0.25, 0.3) is 11.1 Å². The van der Waals surface area contributed by atoms with E-state index in [0.29, 0.717) is 32.6 Å². The van der Waals surface area contributed by atoms with E-state index < -0.39 is 6.10 Å². The summed E-state index contributed by atoms with van der Waals surface area (Å²) in [6.45, 7) is 1.95. The third-order valence-corrected chi connectivity index (χ3v) is 8.20. The minimum Gasteiger partial charge on any atom is -0.391 e. The highest BCUT2D eigenvalue weighted by molar-refractivity contribution is 6.01. The molecule has 7 nitrogen and oxygen atoms in total. The Morgan fingerprint density at radius 3 is 2.69 bits per heavy atom. The Labute approximate surface area is 210 Å². The summed E-state index contributed by atoms with van der Waals surface area (Å²) >= 11 is 0. The Hall–Kier alpha value is -3.71. The van der Waals surface area contributed by atoms with Crippen molar-refractivity contribution in [3.63, 3.8) is 0 Å². The van der Waals surface area contributed by atoms with E-state index in [2.05, 4.69) is 46.3 Å². The fourth-order valence-corrected chi connectivity index (χ4v) is 6.51. The molecule has 0 bridgehead atoms. The summed E-state index contributed by atoms with van der Waals surface area (Å²) < 4.78 is 0. The van der Waals surface area contributed by atoms with Crippen LogP contribution in [0.2, 0.25) is 0 Å². The molecule has 7 rings (SSSR count). The Kier molecular flexibility index (Phi) is 4.89. The molecule has 1 unspecified atom stereocenters. The first-order valence-electron chi connectivity index (χ1n) is 12.7. The van der Waals surface area contributed by atoms with Gasteiger partial charge >= 0.3 is 0 Å². The van der Waals surface area contributed by atoms with Crippen molar-refractivity contribution < 1.29 is 14.7 Å². The Morgan fingerprint density at radius 1 is 0.944 bits per heavy atom. The number of aromatic nitrogens is 1. The third kappa shape index (κ3) is 3.41. The van der Waals surface area contributed by atoms with Crippen LogP contribution in [-0.4, -0.2) is 58.6 Å². The van der Waals surface area contributed by atoms with Gasteiger partial charge in [0, 0.05) is 50.0 Å². The summed E-state index contributed by atoms with van der Waals surface area (Å²) in [4.78, 5) is 37.2. The van der Waals surface area contributed by atoms with Crippen LogP contribution in [-0.2, 0) is 22.6 Å². The van der Waals surface area contributed by atoms with Gasteiger partial charge in [0.1, 0.15) is 5.82 Å². The first kappa shape index (κ1) is 21.6. The van der Waals surface area contributed by atoms with Gasteiger partial charge in [-0.1, -0.05) is 36.4 Å². The van der Waals surface area contributed by atoms with Crippen LogP contribution in [0.4, 0.5) is 11.5 Å². The van der Waals surface area contributed by atoms with E-state index in [9.17, 15) is 14.7 Å². The molecule has 4 aliphatic rings. The Bertz CT molecular complexity index is 1390. The van der Waals surface area contributed by atoms with E-state index in [1.165, 1.54) is 22.3 Å². The molecule has 3 atom stereocenters. The maximum absolute atomic E-state index is 13.7. The van der Waals surface area contributed by atoms with Gasteiger partial charge in [-0.25, -0.2) is 4.98 Å². The van der Waals surface area contributed by atoms with Crippen molar-refractivity contribution in [1.29, 1.82) is 0 Å². The standard InChI is InChI=1S/C29H28N4O3/c34-24-13-23-16-31(14-19-5-3-9-30-28(19)33(23)17-24)29(36)21-12-27(35)32(15-21)22-7-8-26-20(11-22)10-18-4-1-2-6-25(18)26/h1-9,11,21,23-24,34H,10,12-17H2/t21?,23-,24+/m0/s1. The lowest BCUT2D eigenvalue weighted by atomic mass is 10.0. The van der Waals surface area contributed by atoms with Crippen LogP contribution in [0.5, 0.6) is 0 Å². The maximum atomic E-state index is 13.7. The zero-order valence-corrected chi connectivity index (χ0v) is 20.0. The zero-order valence-electron chi connectivity index (χ0n) is 20.0. The first-order chi connectivity index (χ1) is 17.5. The van der Waals surface area contributed by atoms with Crippen molar-refractivity contribution in [3.05, 3.63) is 77.5 Å². The van der Waals surface area contributed by atoms with E-state index in [1.54, 1.807) is 11.1 Å². The molecule has 0 spiro atoms. The van der Waals surface area contributed by atoms with Crippen LogP contribution >= 0.6 is 0 Å². The fourth-order valence-electron chi connectivity index (χ4n) is 6.51. The van der Waals surface area contributed by atoms with Gasteiger partial charge in [-0.15, -0.1) is 0 Å². The smallest absolute Gasteiger partial charge is 0.228 e. The number of aliphatic hydroxyl groups excluding tert-OH is 1. The maximum Gasteiger partial charge on any atom is 0.228 e. The summed E-state index contributed by atoms with van der Waals surface area (Å²) in [6, 6.07) is 18.6. The predicted molar refractivity (Wildman–Crippen MR) is 137 cm³/mol. The molecule has 3 aromatic rings. The molecule has 2 aromatic carbocycles. The summed E-state index contributed by atoms with van der Waals surface area (Å²) in [7, 11) is 0. The third-order valence-electron chi connectivity index (χ3n) is 8.20. The van der Waals surface area contributed by atoms with Crippen molar-refractivity contribution >= 4 is 23.3 Å².